The van der Waals surface area contributed by atoms with Gasteiger partial charge in [0.1, 0.15) is 5.82 Å². The summed E-state index contributed by atoms with van der Waals surface area (Å²) in [5.74, 6) is -2.85. The van der Waals surface area contributed by atoms with Crippen LogP contribution >= 0.6 is 0 Å². The van der Waals surface area contributed by atoms with Gasteiger partial charge in [0.2, 0.25) is 0 Å². The number of rotatable bonds is 3. The molecule has 16 heavy (non-hydrogen) atoms. The van der Waals surface area contributed by atoms with Gasteiger partial charge in [0.15, 0.2) is 11.6 Å². The van der Waals surface area contributed by atoms with E-state index >= 15 is 0 Å². The molecule has 1 aromatic rings. The number of benzene rings is 1. The van der Waals surface area contributed by atoms with Gasteiger partial charge < -0.3 is 5.11 Å². The maximum atomic E-state index is 13.3. The van der Waals surface area contributed by atoms with Crippen molar-refractivity contribution in [2.24, 2.45) is 5.92 Å². The smallest absolute Gasteiger partial charge is 0.161 e. The molecular formula is C12H13F3O. The molecule has 1 nitrogen and oxygen atoms in total. The highest BCUT2D eigenvalue weighted by molar-refractivity contribution is 5.22. The van der Waals surface area contributed by atoms with Crippen LogP contribution in [-0.2, 0) is 0 Å². The Morgan fingerprint density at radius 2 is 1.75 bits per heavy atom. The van der Waals surface area contributed by atoms with Gasteiger partial charge in [0.25, 0.3) is 0 Å². The van der Waals surface area contributed by atoms with Crippen molar-refractivity contribution in [1.82, 2.24) is 0 Å². The molecule has 1 unspecified atom stereocenters. The van der Waals surface area contributed by atoms with Crippen LogP contribution < -0.4 is 0 Å². The molecule has 1 aliphatic rings. The molecule has 1 aromatic carbocycles. The third-order valence-electron chi connectivity index (χ3n) is 3.18. The Morgan fingerprint density at radius 3 is 2.31 bits per heavy atom. The Hall–Kier alpha value is -1.03. The van der Waals surface area contributed by atoms with Crippen molar-refractivity contribution in [1.29, 1.82) is 0 Å². The van der Waals surface area contributed by atoms with Crippen LogP contribution in [0.25, 0.3) is 0 Å². The molecule has 1 N–H and O–H groups in total. The predicted octanol–water partition coefficient (Wildman–Crippen LogP) is 3.33. The second kappa shape index (κ2) is 4.45. The molecular weight excluding hydrogens is 217 g/mol. The first kappa shape index (κ1) is 11.5. The Morgan fingerprint density at radius 1 is 1.12 bits per heavy atom. The molecule has 1 aliphatic carbocycles. The van der Waals surface area contributed by atoms with Crippen molar-refractivity contribution in [3.05, 3.63) is 35.1 Å². The first-order valence-corrected chi connectivity index (χ1v) is 5.40. The van der Waals surface area contributed by atoms with Crippen molar-refractivity contribution in [3.8, 4) is 0 Å². The second-order valence-corrected chi connectivity index (χ2v) is 4.34. The third-order valence-corrected chi connectivity index (χ3v) is 3.18. The molecule has 0 aromatic heterocycles. The van der Waals surface area contributed by atoms with Gasteiger partial charge in [0, 0.05) is 11.6 Å². The lowest BCUT2D eigenvalue weighted by Crippen LogP contribution is -2.15. The van der Waals surface area contributed by atoms with Crippen molar-refractivity contribution in [2.75, 3.05) is 0 Å². The van der Waals surface area contributed by atoms with Gasteiger partial charge >= 0.3 is 0 Å². The monoisotopic (exact) mass is 230 g/mol. The van der Waals surface area contributed by atoms with E-state index < -0.39 is 23.6 Å². The first-order chi connectivity index (χ1) is 7.58. The minimum absolute atomic E-state index is 0.147. The Bertz CT molecular complexity index is 388. The summed E-state index contributed by atoms with van der Waals surface area (Å²) in [7, 11) is 0. The van der Waals surface area contributed by atoms with E-state index in [2.05, 4.69) is 0 Å². The lowest BCUT2D eigenvalue weighted by atomic mass is 9.80. The minimum Gasteiger partial charge on any atom is -0.388 e. The van der Waals surface area contributed by atoms with E-state index in [0.717, 1.165) is 25.3 Å². The summed E-state index contributed by atoms with van der Waals surface area (Å²) in [6, 6.07) is 1.22. The quantitative estimate of drug-likeness (QED) is 0.790. The van der Waals surface area contributed by atoms with Crippen LogP contribution in [0.4, 0.5) is 13.2 Å². The van der Waals surface area contributed by atoms with Gasteiger partial charge in [-0.25, -0.2) is 13.2 Å². The summed E-state index contributed by atoms with van der Waals surface area (Å²) >= 11 is 0. The number of aliphatic hydroxyl groups excluding tert-OH is 1. The number of hydrogen-bond acceptors (Lipinski definition) is 1. The Balaban J connectivity index is 2.14. The normalized spacial score (nSPS) is 18.2. The van der Waals surface area contributed by atoms with Crippen molar-refractivity contribution >= 4 is 0 Å². The average molecular weight is 230 g/mol. The zero-order valence-electron chi connectivity index (χ0n) is 8.72. The number of halogens is 3. The zero-order chi connectivity index (χ0) is 11.7. The zero-order valence-corrected chi connectivity index (χ0v) is 8.72. The fourth-order valence-electron chi connectivity index (χ4n) is 1.96. The van der Waals surface area contributed by atoms with Crippen LogP contribution in [0.3, 0.4) is 0 Å². The molecule has 4 heteroatoms. The fraction of sp³-hybridized carbons (Fsp3) is 0.500. The number of hydrogen-bond donors (Lipinski definition) is 1. The van der Waals surface area contributed by atoms with Gasteiger partial charge in [0.05, 0.1) is 6.10 Å². The van der Waals surface area contributed by atoms with Crippen molar-refractivity contribution in [3.63, 3.8) is 0 Å². The van der Waals surface area contributed by atoms with E-state index in [1.165, 1.54) is 0 Å². The lowest BCUT2D eigenvalue weighted by Gasteiger charge is -2.27. The van der Waals surface area contributed by atoms with E-state index in [-0.39, 0.29) is 5.56 Å². The topological polar surface area (TPSA) is 20.2 Å². The Labute approximate surface area is 91.9 Å². The van der Waals surface area contributed by atoms with Gasteiger partial charge in [-0.1, -0.05) is 19.3 Å². The average Bonchev–Trinajstić information content (AvgIpc) is 2.17. The van der Waals surface area contributed by atoms with E-state index in [1.807, 2.05) is 0 Å². The maximum absolute atomic E-state index is 13.3. The fourth-order valence-corrected chi connectivity index (χ4v) is 1.96. The van der Waals surface area contributed by atoms with Gasteiger partial charge in [-0.2, -0.15) is 0 Å². The van der Waals surface area contributed by atoms with Crippen LogP contribution in [0.5, 0.6) is 0 Å². The van der Waals surface area contributed by atoms with Crippen molar-refractivity contribution < 1.29 is 18.3 Å². The van der Waals surface area contributed by atoms with Crippen LogP contribution in [0.15, 0.2) is 12.1 Å². The maximum Gasteiger partial charge on any atom is 0.161 e. The highest BCUT2D eigenvalue weighted by Gasteiger charge is 2.24. The molecule has 0 spiro atoms. The molecule has 1 atom stereocenters. The van der Waals surface area contributed by atoms with E-state index in [4.69, 9.17) is 0 Å². The van der Waals surface area contributed by atoms with E-state index in [0.29, 0.717) is 18.4 Å². The van der Waals surface area contributed by atoms with Crippen LogP contribution in [0.1, 0.15) is 37.4 Å². The van der Waals surface area contributed by atoms with Crippen LogP contribution in [-0.4, -0.2) is 5.11 Å². The summed E-state index contributed by atoms with van der Waals surface area (Å²) in [6.07, 6.45) is 2.53. The first-order valence-electron chi connectivity index (χ1n) is 5.40. The third kappa shape index (κ3) is 2.21. The highest BCUT2D eigenvalue weighted by Crippen LogP contribution is 2.35. The molecule has 1 saturated carbocycles. The lowest BCUT2D eigenvalue weighted by molar-refractivity contribution is 0.114. The van der Waals surface area contributed by atoms with Gasteiger partial charge in [-0.3, -0.25) is 0 Å². The molecule has 1 fully saturated rings. The Kier molecular flexibility index (Phi) is 3.19. The van der Waals surface area contributed by atoms with E-state index in [9.17, 15) is 18.3 Å². The summed E-state index contributed by atoms with van der Waals surface area (Å²) < 4.78 is 38.9. The SMILES string of the molecule is OC(CC1CCC1)c1cc(F)c(F)cc1F. The molecule has 0 bridgehead atoms. The van der Waals surface area contributed by atoms with Crippen LogP contribution in [0.2, 0.25) is 0 Å². The largest absolute Gasteiger partial charge is 0.388 e. The summed E-state index contributed by atoms with van der Waals surface area (Å²) in [5.41, 5.74) is -0.147. The van der Waals surface area contributed by atoms with E-state index in [1.54, 1.807) is 0 Å². The summed E-state index contributed by atoms with van der Waals surface area (Å²) in [6.45, 7) is 0. The molecule has 0 saturated heterocycles. The molecule has 0 heterocycles. The van der Waals surface area contributed by atoms with Crippen molar-refractivity contribution in [2.45, 2.75) is 31.8 Å². The molecule has 0 aliphatic heterocycles. The van der Waals surface area contributed by atoms with Gasteiger partial charge in [-0.05, 0) is 18.4 Å². The summed E-state index contributed by atoms with van der Waals surface area (Å²) in [4.78, 5) is 0. The predicted molar refractivity (Wildman–Crippen MR) is 53.2 cm³/mol. The standard InChI is InChI=1S/C12H13F3O/c13-9-6-11(15)10(14)5-8(9)12(16)4-7-2-1-3-7/h5-7,12,16H,1-4H2. The summed E-state index contributed by atoms with van der Waals surface area (Å²) in [5, 5.41) is 9.72. The second-order valence-electron chi connectivity index (χ2n) is 4.34. The number of aliphatic hydroxyl groups is 1. The highest BCUT2D eigenvalue weighted by atomic mass is 19.2. The minimum atomic E-state index is -1.22. The van der Waals surface area contributed by atoms with Gasteiger partial charge in [-0.15, -0.1) is 0 Å². The van der Waals surface area contributed by atoms with Crippen LogP contribution in [0, 0.1) is 23.4 Å². The molecule has 0 amide bonds. The molecule has 2 rings (SSSR count). The molecule has 0 radical (unpaired) electrons. The molecule has 88 valence electrons.